The monoisotopic (exact) mass is 309 g/mol. The fourth-order valence-electron chi connectivity index (χ4n) is 2.16. The van der Waals surface area contributed by atoms with Crippen molar-refractivity contribution in [2.45, 2.75) is 13.8 Å². The van der Waals surface area contributed by atoms with E-state index in [4.69, 9.17) is 23.2 Å². The van der Waals surface area contributed by atoms with Gasteiger partial charge in [0.2, 0.25) is 0 Å². The van der Waals surface area contributed by atoms with Crippen LogP contribution in [0.5, 0.6) is 0 Å². The molecule has 0 unspecified atom stereocenters. The summed E-state index contributed by atoms with van der Waals surface area (Å²) >= 11 is 12.3. The smallest absolute Gasteiger partial charge is 0.166 e. The van der Waals surface area contributed by atoms with Crippen molar-refractivity contribution >= 4 is 28.8 Å². The topological polar surface area (TPSA) is 30.2 Å². The van der Waals surface area contributed by atoms with Crippen molar-refractivity contribution in [2.24, 2.45) is 0 Å². The van der Waals surface area contributed by atoms with E-state index in [1.165, 1.54) is 16.6 Å². The molecule has 2 aromatic heterocycles. The molecule has 3 rings (SSSR count). The molecule has 0 atom stereocenters. The van der Waals surface area contributed by atoms with Crippen molar-refractivity contribution in [3.63, 3.8) is 0 Å². The number of fused-ring (bicyclic) bond motifs is 1. The highest BCUT2D eigenvalue weighted by atomic mass is 35.5. The summed E-state index contributed by atoms with van der Waals surface area (Å²) in [6, 6.07) is 6.27. The van der Waals surface area contributed by atoms with Crippen LogP contribution in [0.1, 0.15) is 11.3 Å². The first-order valence-corrected chi connectivity index (χ1v) is 6.71. The van der Waals surface area contributed by atoms with Gasteiger partial charge in [-0.15, -0.1) is 0 Å². The van der Waals surface area contributed by atoms with Crippen LogP contribution in [-0.4, -0.2) is 14.6 Å². The lowest BCUT2D eigenvalue weighted by Gasteiger charge is -2.04. The predicted molar refractivity (Wildman–Crippen MR) is 77.9 cm³/mol. The number of halogens is 3. The van der Waals surface area contributed by atoms with E-state index in [-0.39, 0.29) is 5.82 Å². The van der Waals surface area contributed by atoms with Gasteiger partial charge < -0.3 is 0 Å². The van der Waals surface area contributed by atoms with Crippen LogP contribution < -0.4 is 0 Å². The molecule has 6 heteroatoms. The fraction of sp³-hybridized carbons (Fsp3) is 0.143. The minimum atomic E-state index is -0.314. The van der Waals surface area contributed by atoms with Crippen LogP contribution in [0.15, 0.2) is 24.3 Å². The van der Waals surface area contributed by atoms with Crippen LogP contribution in [0.25, 0.3) is 16.8 Å². The van der Waals surface area contributed by atoms with Crippen LogP contribution in [0.4, 0.5) is 4.39 Å². The van der Waals surface area contributed by atoms with Gasteiger partial charge in [0, 0.05) is 11.1 Å². The zero-order chi connectivity index (χ0) is 14.4. The highest BCUT2D eigenvalue weighted by Gasteiger charge is 2.18. The Bertz CT molecular complexity index is 827. The van der Waals surface area contributed by atoms with Gasteiger partial charge in [-0.1, -0.05) is 35.3 Å². The summed E-state index contributed by atoms with van der Waals surface area (Å²) in [4.78, 5) is 4.32. The van der Waals surface area contributed by atoms with Crippen LogP contribution in [0.2, 0.25) is 10.3 Å². The van der Waals surface area contributed by atoms with Gasteiger partial charge in [-0.3, -0.25) is 0 Å². The summed E-state index contributed by atoms with van der Waals surface area (Å²) in [5, 5.41) is 5.09. The van der Waals surface area contributed by atoms with Gasteiger partial charge in [0.05, 0.1) is 5.69 Å². The molecule has 20 heavy (non-hydrogen) atoms. The third-order valence-corrected chi connectivity index (χ3v) is 3.97. The van der Waals surface area contributed by atoms with E-state index in [1.807, 2.05) is 6.92 Å². The summed E-state index contributed by atoms with van der Waals surface area (Å²) in [7, 11) is 0. The number of aromatic nitrogens is 3. The summed E-state index contributed by atoms with van der Waals surface area (Å²) in [5.74, 6) is -0.314. The van der Waals surface area contributed by atoms with Gasteiger partial charge in [0.25, 0.3) is 0 Å². The first-order chi connectivity index (χ1) is 9.49. The Labute approximate surface area is 125 Å². The van der Waals surface area contributed by atoms with Crippen LogP contribution in [0, 0.1) is 19.7 Å². The number of hydrogen-bond donors (Lipinski definition) is 0. The quantitative estimate of drug-likeness (QED) is 0.621. The van der Waals surface area contributed by atoms with E-state index in [0.717, 1.165) is 5.56 Å². The summed E-state index contributed by atoms with van der Waals surface area (Å²) in [6.45, 7) is 3.60. The van der Waals surface area contributed by atoms with Crippen molar-refractivity contribution in [1.82, 2.24) is 14.6 Å². The second-order valence-corrected chi connectivity index (χ2v) is 5.24. The minimum absolute atomic E-state index is 0.314. The lowest BCUT2D eigenvalue weighted by atomic mass is 10.1. The van der Waals surface area contributed by atoms with Crippen molar-refractivity contribution in [3.8, 4) is 11.1 Å². The Morgan fingerprint density at radius 1 is 1.20 bits per heavy atom. The highest BCUT2D eigenvalue weighted by Crippen LogP contribution is 2.32. The molecule has 0 amide bonds. The Hall–Kier alpha value is -1.65. The molecule has 0 spiro atoms. The van der Waals surface area contributed by atoms with Gasteiger partial charge >= 0.3 is 0 Å². The average Bonchev–Trinajstić information content (AvgIpc) is 2.73. The Morgan fingerprint density at radius 2 is 1.95 bits per heavy atom. The average molecular weight is 310 g/mol. The third-order valence-electron chi connectivity index (χ3n) is 3.16. The molecule has 0 aliphatic heterocycles. The minimum Gasteiger partial charge on any atom is -0.216 e. The second-order valence-electron chi connectivity index (χ2n) is 4.52. The van der Waals surface area contributed by atoms with Gasteiger partial charge in [0.1, 0.15) is 16.1 Å². The number of benzene rings is 1. The molecule has 0 aliphatic rings. The summed E-state index contributed by atoms with van der Waals surface area (Å²) in [5.41, 5.74) is 3.32. The van der Waals surface area contributed by atoms with Gasteiger partial charge in [0.15, 0.2) is 5.65 Å². The number of hydrogen-bond acceptors (Lipinski definition) is 2. The second kappa shape index (κ2) is 4.72. The first kappa shape index (κ1) is 13.3. The lowest BCUT2D eigenvalue weighted by molar-refractivity contribution is 0.628. The molecular weight excluding hydrogens is 300 g/mol. The summed E-state index contributed by atoms with van der Waals surface area (Å²) < 4.78 is 14.9. The van der Waals surface area contributed by atoms with Gasteiger partial charge in [-0.05, 0) is 31.5 Å². The molecule has 2 heterocycles. The Balaban J connectivity index is 2.40. The van der Waals surface area contributed by atoms with E-state index in [0.29, 0.717) is 32.8 Å². The largest absolute Gasteiger partial charge is 0.216 e. The molecule has 102 valence electrons. The maximum absolute atomic E-state index is 13.4. The van der Waals surface area contributed by atoms with Crippen LogP contribution in [-0.2, 0) is 0 Å². The zero-order valence-electron chi connectivity index (χ0n) is 10.8. The lowest BCUT2D eigenvalue weighted by Crippen LogP contribution is -1.96. The normalized spacial score (nSPS) is 11.2. The number of nitrogens with zero attached hydrogens (tertiary/aromatic N) is 3. The molecule has 0 saturated heterocycles. The molecule has 0 bridgehead atoms. The molecule has 0 saturated carbocycles. The van der Waals surface area contributed by atoms with Crippen molar-refractivity contribution in [2.75, 3.05) is 0 Å². The standard InChI is InChI=1S/C14H10Cl2FN3/c1-7-12(15)18-14-11(8(2)19-20(14)13(7)16)9-4-3-5-10(17)6-9/h3-6H,1-2H3. The number of rotatable bonds is 1. The van der Waals surface area contributed by atoms with Gasteiger partial charge in [-0.25, -0.2) is 13.9 Å². The molecule has 3 aromatic rings. The molecule has 0 radical (unpaired) electrons. The first-order valence-electron chi connectivity index (χ1n) is 5.96. The maximum atomic E-state index is 13.4. The van der Waals surface area contributed by atoms with Gasteiger partial charge in [-0.2, -0.15) is 5.10 Å². The molecule has 3 nitrogen and oxygen atoms in total. The van der Waals surface area contributed by atoms with Crippen LogP contribution >= 0.6 is 23.2 Å². The van der Waals surface area contributed by atoms with E-state index < -0.39 is 0 Å². The Kier molecular flexibility index (Phi) is 3.15. The SMILES string of the molecule is Cc1nn2c(Cl)c(C)c(Cl)nc2c1-c1cccc(F)c1. The molecule has 1 aromatic carbocycles. The zero-order valence-corrected chi connectivity index (χ0v) is 12.3. The van der Waals surface area contributed by atoms with Crippen LogP contribution in [0.3, 0.4) is 0 Å². The van der Waals surface area contributed by atoms with Crippen molar-refractivity contribution in [1.29, 1.82) is 0 Å². The maximum Gasteiger partial charge on any atom is 0.166 e. The van der Waals surface area contributed by atoms with E-state index in [2.05, 4.69) is 10.1 Å². The predicted octanol–water partition coefficient (Wildman–Crippen LogP) is 4.46. The van der Waals surface area contributed by atoms with E-state index in [1.54, 1.807) is 19.1 Å². The molecule has 0 aliphatic carbocycles. The fourth-order valence-corrected chi connectivity index (χ4v) is 2.58. The Morgan fingerprint density at radius 3 is 2.65 bits per heavy atom. The third kappa shape index (κ3) is 1.96. The van der Waals surface area contributed by atoms with Crippen molar-refractivity contribution < 1.29 is 4.39 Å². The van der Waals surface area contributed by atoms with E-state index in [9.17, 15) is 4.39 Å². The molecular formula is C14H10Cl2FN3. The summed E-state index contributed by atoms with van der Waals surface area (Å²) in [6.07, 6.45) is 0. The molecule has 0 fully saturated rings. The van der Waals surface area contributed by atoms with Crippen molar-refractivity contribution in [3.05, 3.63) is 51.6 Å². The van der Waals surface area contributed by atoms with E-state index >= 15 is 0 Å². The number of aryl methyl sites for hydroxylation is 1. The molecule has 0 N–H and O–H groups in total. The highest BCUT2D eigenvalue weighted by molar-refractivity contribution is 6.34.